The summed E-state index contributed by atoms with van der Waals surface area (Å²) in [5.74, 6) is 0. The average molecular weight is 356 g/mol. The number of nitrogens with one attached hydrogen (secondary N) is 1. The van der Waals surface area contributed by atoms with E-state index >= 15 is 0 Å². The van der Waals surface area contributed by atoms with Crippen molar-refractivity contribution in [2.24, 2.45) is 4.99 Å². The van der Waals surface area contributed by atoms with Crippen LogP contribution in [0, 0.1) is 0 Å². The summed E-state index contributed by atoms with van der Waals surface area (Å²) < 4.78 is 0. The topological polar surface area (TPSA) is 24.4 Å². The van der Waals surface area contributed by atoms with Gasteiger partial charge in [-0.15, -0.1) is 0 Å². The third kappa shape index (κ3) is 4.24. The van der Waals surface area contributed by atoms with Gasteiger partial charge < -0.3 is 5.32 Å². The van der Waals surface area contributed by atoms with E-state index in [-0.39, 0.29) is 0 Å². The smallest absolute Gasteiger partial charge is 0.0990 e. The molecular weight excluding hydrogens is 336 g/mol. The van der Waals surface area contributed by atoms with Crippen molar-refractivity contribution in [2.75, 3.05) is 5.32 Å². The minimum Gasteiger partial charge on any atom is -0.359 e. The van der Waals surface area contributed by atoms with E-state index in [1.165, 1.54) is 11.3 Å². The molecule has 26 heavy (non-hydrogen) atoms. The van der Waals surface area contributed by atoms with Gasteiger partial charge in [0, 0.05) is 23.1 Å². The van der Waals surface area contributed by atoms with Crippen LogP contribution >= 0.6 is 11.8 Å². The molecule has 0 saturated carbocycles. The van der Waals surface area contributed by atoms with E-state index in [0.29, 0.717) is 5.25 Å². The van der Waals surface area contributed by atoms with Crippen LogP contribution in [0.25, 0.3) is 0 Å². The third-order valence-electron chi connectivity index (χ3n) is 4.21. The molecule has 1 atom stereocenters. The van der Waals surface area contributed by atoms with Crippen molar-refractivity contribution in [1.29, 1.82) is 0 Å². The Bertz CT molecular complexity index is 903. The van der Waals surface area contributed by atoms with Crippen molar-refractivity contribution < 1.29 is 0 Å². The lowest BCUT2D eigenvalue weighted by molar-refractivity contribution is 0.920. The zero-order valence-electron chi connectivity index (χ0n) is 14.4. The van der Waals surface area contributed by atoms with Gasteiger partial charge in [0.2, 0.25) is 0 Å². The first kappa shape index (κ1) is 16.7. The molecule has 1 aliphatic heterocycles. The zero-order chi connectivity index (χ0) is 17.6. The molecule has 0 aromatic heterocycles. The van der Waals surface area contributed by atoms with Crippen molar-refractivity contribution in [2.45, 2.75) is 11.7 Å². The van der Waals surface area contributed by atoms with Crippen molar-refractivity contribution in [3.63, 3.8) is 0 Å². The molecule has 0 fully saturated rings. The molecule has 1 unspecified atom stereocenters. The van der Waals surface area contributed by atoms with Gasteiger partial charge in [0.25, 0.3) is 0 Å². The number of aliphatic imine (C=N–C) groups is 1. The molecule has 1 N–H and O–H groups in total. The van der Waals surface area contributed by atoms with Crippen LogP contribution in [0.3, 0.4) is 0 Å². The predicted octanol–water partition coefficient (Wildman–Crippen LogP) is 6.59. The van der Waals surface area contributed by atoms with E-state index in [4.69, 9.17) is 4.99 Å². The molecule has 1 heterocycles. The van der Waals surface area contributed by atoms with Gasteiger partial charge in [0.05, 0.1) is 10.7 Å². The number of nitrogens with zero attached hydrogens (tertiary/aromatic N) is 1. The van der Waals surface area contributed by atoms with Gasteiger partial charge in [0.15, 0.2) is 0 Å². The van der Waals surface area contributed by atoms with E-state index < -0.39 is 0 Å². The molecule has 3 heteroatoms. The Kier molecular flexibility index (Phi) is 5.17. The number of hydrogen-bond donors (Lipinski definition) is 1. The third-order valence-corrected chi connectivity index (χ3v) is 5.39. The van der Waals surface area contributed by atoms with Crippen LogP contribution in [-0.4, -0.2) is 5.04 Å². The number of hydrogen-bond acceptors (Lipinski definition) is 3. The summed E-state index contributed by atoms with van der Waals surface area (Å²) in [6, 6.07) is 31.1. The van der Waals surface area contributed by atoms with E-state index in [1.54, 1.807) is 0 Å². The van der Waals surface area contributed by atoms with Crippen molar-refractivity contribution in [3.8, 4) is 0 Å². The Labute approximate surface area is 158 Å². The number of allylic oxidation sites excluding steroid dienone is 1. The summed E-state index contributed by atoms with van der Waals surface area (Å²) >= 11 is 1.83. The highest BCUT2D eigenvalue weighted by Gasteiger charge is 2.22. The lowest BCUT2D eigenvalue weighted by atomic mass is 10.1. The van der Waals surface area contributed by atoms with Crippen LogP contribution in [0.15, 0.2) is 108 Å². The van der Waals surface area contributed by atoms with Gasteiger partial charge in [0.1, 0.15) is 0 Å². The van der Waals surface area contributed by atoms with Crippen LogP contribution in [0.4, 0.5) is 11.4 Å². The average Bonchev–Trinajstić information content (AvgIpc) is 2.70. The summed E-state index contributed by atoms with van der Waals surface area (Å²) in [4.78, 5) is 4.85. The van der Waals surface area contributed by atoms with Gasteiger partial charge in [-0.2, -0.15) is 0 Å². The highest BCUT2D eigenvalue weighted by Crippen LogP contribution is 2.40. The monoisotopic (exact) mass is 356 g/mol. The Hall–Kier alpha value is -2.78. The summed E-state index contributed by atoms with van der Waals surface area (Å²) in [6.07, 6.45) is 3.13. The van der Waals surface area contributed by atoms with E-state index in [2.05, 4.69) is 53.9 Å². The zero-order valence-corrected chi connectivity index (χ0v) is 15.2. The van der Waals surface area contributed by atoms with Gasteiger partial charge in [-0.05, 0) is 35.9 Å². The predicted molar refractivity (Wildman–Crippen MR) is 113 cm³/mol. The first-order valence-corrected chi connectivity index (χ1v) is 9.63. The molecule has 128 valence electrons. The number of thioether (sulfide) groups is 1. The molecule has 0 aliphatic carbocycles. The molecule has 4 rings (SSSR count). The normalized spacial score (nSPS) is 18.4. The maximum absolute atomic E-state index is 4.85. The first-order chi connectivity index (χ1) is 12.9. The van der Waals surface area contributed by atoms with Crippen LogP contribution in [-0.2, 0) is 0 Å². The number of anilines is 1. The molecule has 0 amide bonds. The molecule has 0 bridgehead atoms. The second-order valence-corrected chi connectivity index (χ2v) is 7.39. The molecule has 2 nitrogen and oxygen atoms in total. The summed E-state index contributed by atoms with van der Waals surface area (Å²) in [7, 11) is 0. The van der Waals surface area contributed by atoms with Gasteiger partial charge in [-0.25, -0.2) is 4.99 Å². The fourth-order valence-electron chi connectivity index (χ4n) is 2.97. The Balaban J connectivity index is 1.65. The van der Waals surface area contributed by atoms with Crippen LogP contribution in [0.2, 0.25) is 0 Å². The second-order valence-electron chi connectivity index (χ2n) is 6.17. The number of benzene rings is 3. The summed E-state index contributed by atoms with van der Waals surface area (Å²) in [5, 5.41) is 4.96. The fraction of sp³-hybridized carbons (Fsp3) is 0.0870. The van der Waals surface area contributed by atoms with Crippen molar-refractivity contribution in [1.82, 2.24) is 0 Å². The minimum atomic E-state index is 0.356. The van der Waals surface area contributed by atoms with Gasteiger partial charge >= 0.3 is 0 Å². The largest absolute Gasteiger partial charge is 0.359 e. The molecular formula is C23H20N2S. The molecule has 3 aromatic rings. The Morgan fingerprint density at radius 1 is 0.769 bits per heavy atom. The lowest BCUT2D eigenvalue weighted by Gasteiger charge is -2.24. The minimum absolute atomic E-state index is 0.356. The standard InChI is InChI=1S/C23H20N2S/c1-4-10-18(11-5-1)22-16-21(24-19-12-6-2-7-13-19)17-23(26-22)25-20-14-8-3-9-15-20/h1-15,17,22,24H,16H2. The summed E-state index contributed by atoms with van der Waals surface area (Å²) in [5.41, 5.74) is 4.62. The van der Waals surface area contributed by atoms with E-state index in [1.807, 2.05) is 60.3 Å². The molecule has 0 radical (unpaired) electrons. The fourth-order valence-corrected chi connectivity index (χ4v) is 4.18. The maximum Gasteiger partial charge on any atom is 0.0990 e. The molecule has 1 aliphatic rings. The Morgan fingerprint density at radius 2 is 1.38 bits per heavy atom. The van der Waals surface area contributed by atoms with Crippen molar-refractivity contribution >= 4 is 28.2 Å². The van der Waals surface area contributed by atoms with Crippen molar-refractivity contribution in [3.05, 3.63) is 108 Å². The van der Waals surface area contributed by atoms with Crippen LogP contribution in [0.1, 0.15) is 17.2 Å². The number of rotatable bonds is 4. The Morgan fingerprint density at radius 3 is 2.08 bits per heavy atom. The molecule has 0 spiro atoms. The highest BCUT2D eigenvalue weighted by atomic mass is 32.2. The molecule has 0 saturated heterocycles. The summed E-state index contributed by atoms with van der Waals surface area (Å²) in [6.45, 7) is 0. The maximum atomic E-state index is 4.85. The first-order valence-electron chi connectivity index (χ1n) is 8.75. The second kappa shape index (κ2) is 8.07. The quantitative estimate of drug-likeness (QED) is 0.570. The lowest BCUT2D eigenvalue weighted by Crippen LogP contribution is -2.12. The van der Waals surface area contributed by atoms with Crippen LogP contribution < -0.4 is 5.32 Å². The van der Waals surface area contributed by atoms with Gasteiger partial charge in [-0.3, -0.25) is 0 Å². The highest BCUT2D eigenvalue weighted by molar-refractivity contribution is 8.14. The molecule has 3 aromatic carbocycles. The SMILES string of the molecule is C1=C(Nc2ccccc2)CC(c2ccccc2)SC1=Nc1ccccc1. The van der Waals surface area contributed by atoms with E-state index in [9.17, 15) is 0 Å². The number of para-hydroxylation sites is 2. The van der Waals surface area contributed by atoms with Crippen LogP contribution in [0.5, 0.6) is 0 Å². The van der Waals surface area contributed by atoms with E-state index in [0.717, 1.165) is 22.8 Å². The van der Waals surface area contributed by atoms with Gasteiger partial charge in [-0.1, -0.05) is 78.5 Å².